The van der Waals surface area contributed by atoms with Crippen LogP contribution < -0.4 is 4.90 Å². The Morgan fingerprint density at radius 1 is 1.39 bits per heavy atom. The second-order valence-corrected chi connectivity index (χ2v) is 7.43. The van der Waals surface area contributed by atoms with Crippen molar-refractivity contribution in [3.63, 3.8) is 0 Å². The van der Waals surface area contributed by atoms with Crippen LogP contribution in [-0.2, 0) is 11.2 Å². The highest BCUT2D eigenvalue weighted by Gasteiger charge is 2.42. The topological polar surface area (TPSA) is 32.7 Å². The minimum atomic E-state index is 0.00276. The zero-order chi connectivity index (χ0) is 16.4. The number of halogens is 1. The number of hydrogen-bond donors (Lipinski definition) is 1. The number of allylic oxidation sites excluding steroid dienone is 1. The molecule has 2 fully saturated rings. The highest BCUT2D eigenvalue weighted by Crippen LogP contribution is 2.41. The van der Waals surface area contributed by atoms with Crippen LogP contribution in [0.5, 0.6) is 0 Å². The summed E-state index contributed by atoms with van der Waals surface area (Å²) >= 11 is 6.25. The van der Waals surface area contributed by atoms with Crippen LogP contribution >= 0.6 is 11.6 Å². The Labute approximate surface area is 143 Å². The summed E-state index contributed by atoms with van der Waals surface area (Å²) in [6.45, 7) is 8.50. The summed E-state index contributed by atoms with van der Waals surface area (Å²) in [4.78, 5) is 2.41. The third-order valence-electron chi connectivity index (χ3n) is 5.20. The molecule has 0 aliphatic carbocycles. The Kier molecular flexibility index (Phi) is 4.88. The van der Waals surface area contributed by atoms with Gasteiger partial charge in [-0.3, -0.25) is 0 Å². The molecule has 1 N–H and O–H groups in total. The number of anilines is 1. The molecule has 1 spiro atoms. The van der Waals surface area contributed by atoms with E-state index in [4.69, 9.17) is 16.3 Å². The number of aryl methyl sites for hydroxylation is 1. The van der Waals surface area contributed by atoms with Gasteiger partial charge in [-0.1, -0.05) is 25.1 Å². The van der Waals surface area contributed by atoms with Gasteiger partial charge >= 0.3 is 0 Å². The number of piperidine rings is 1. The summed E-state index contributed by atoms with van der Waals surface area (Å²) in [5.41, 5.74) is 2.51. The zero-order valence-corrected chi connectivity index (χ0v) is 14.6. The Balaban J connectivity index is 1.63. The van der Waals surface area contributed by atoms with E-state index in [2.05, 4.69) is 30.5 Å². The van der Waals surface area contributed by atoms with Gasteiger partial charge in [0.1, 0.15) is 0 Å². The van der Waals surface area contributed by atoms with Gasteiger partial charge in [0.2, 0.25) is 0 Å². The van der Waals surface area contributed by atoms with E-state index in [1.807, 2.05) is 6.07 Å². The van der Waals surface area contributed by atoms with E-state index in [0.29, 0.717) is 12.3 Å². The second-order valence-electron chi connectivity index (χ2n) is 6.99. The summed E-state index contributed by atoms with van der Waals surface area (Å²) in [6.07, 6.45) is 4.78. The SMILES string of the molecule is C=C(O)CC1COC2(CCN(c3cc(Cl)cc(CC)c3)CC2)C1. The molecule has 1 aromatic carbocycles. The first-order valence-electron chi connectivity index (χ1n) is 8.55. The molecule has 2 saturated heterocycles. The second kappa shape index (κ2) is 6.74. The van der Waals surface area contributed by atoms with Gasteiger partial charge in [-0.2, -0.15) is 0 Å². The Hall–Kier alpha value is -1.19. The number of hydrogen-bond acceptors (Lipinski definition) is 3. The van der Waals surface area contributed by atoms with Crippen molar-refractivity contribution in [2.45, 2.75) is 44.6 Å². The maximum absolute atomic E-state index is 9.39. The molecule has 0 aromatic heterocycles. The fourth-order valence-electron chi connectivity index (χ4n) is 3.94. The lowest BCUT2D eigenvalue weighted by molar-refractivity contribution is -0.0153. The van der Waals surface area contributed by atoms with Gasteiger partial charge in [0.25, 0.3) is 0 Å². The van der Waals surface area contributed by atoms with E-state index in [-0.39, 0.29) is 11.4 Å². The highest BCUT2D eigenvalue weighted by molar-refractivity contribution is 6.30. The van der Waals surface area contributed by atoms with Crippen LogP contribution in [0, 0.1) is 5.92 Å². The van der Waals surface area contributed by atoms with Gasteiger partial charge < -0.3 is 14.7 Å². The average molecular weight is 336 g/mol. The fourth-order valence-corrected chi connectivity index (χ4v) is 4.20. The number of aliphatic hydroxyl groups is 1. The summed E-state index contributed by atoms with van der Waals surface area (Å²) in [6, 6.07) is 6.35. The highest BCUT2D eigenvalue weighted by atomic mass is 35.5. The average Bonchev–Trinajstić information content (AvgIpc) is 2.89. The van der Waals surface area contributed by atoms with E-state index < -0.39 is 0 Å². The molecule has 3 nitrogen and oxygen atoms in total. The molecule has 4 heteroatoms. The van der Waals surface area contributed by atoms with Crippen molar-refractivity contribution in [2.24, 2.45) is 5.92 Å². The first kappa shape index (κ1) is 16.7. The summed E-state index contributed by atoms with van der Waals surface area (Å²) in [5.74, 6) is 0.691. The number of nitrogens with zero attached hydrogens (tertiary/aromatic N) is 1. The quantitative estimate of drug-likeness (QED) is 0.807. The fraction of sp³-hybridized carbons (Fsp3) is 0.579. The van der Waals surface area contributed by atoms with Gasteiger partial charge in [-0.25, -0.2) is 0 Å². The van der Waals surface area contributed by atoms with Crippen molar-refractivity contribution >= 4 is 17.3 Å². The number of aliphatic hydroxyl groups excluding tert-OH is 1. The van der Waals surface area contributed by atoms with Gasteiger partial charge in [0.05, 0.1) is 18.0 Å². The molecule has 2 heterocycles. The molecule has 126 valence electrons. The van der Waals surface area contributed by atoms with Gasteiger partial charge in [0, 0.05) is 30.2 Å². The van der Waals surface area contributed by atoms with Crippen molar-refractivity contribution in [3.05, 3.63) is 41.1 Å². The van der Waals surface area contributed by atoms with Crippen LogP contribution in [0.15, 0.2) is 30.5 Å². The molecular formula is C19H26ClNO2. The predicted octanol–water partition coefficient (Wildman–Crippen LogP) is 4.74. The van der Waals surface area contributed by atoms with E-state index in [0.717, 1.165) is 50.4 Å². The molecule has 2 aliphatic heterocycles. The minimum absolute atomic E-state index is 0.00276. The zero-order valence-electron chi connectivity index (χ0n) is 13.9. The monoisotopic (exact) mass is 335 g/mol. The van der Waals surface area contributed by atoms with Crippen molar-refractivity contribution in [3.8, 4) is 0 Å². The maximum atomic E-state index is 9.39. The Morgan fingerprint density at radius 3 is 2.78 bits per heavy atom. The third kappa shape index (κ3) is 3.84. The summed E-state index contributed by atoms with van der Waals surface area (Å²) < 4.78 is 6.14. The first-order valence-corrected chi connectivity index (χ1v) is 8.92. The molecule has 0 saturated carbocycles. The third-order valence-corrected chi connectivity index (χ3v) is 5.42. The Morgan fingerprint density at radius 2 is 2.13 bits per heavy atom. The normalized spacial score (nSPS) is 23.4. The van der Waals surface area contributed by atoms with Gasteiger partial charge in [-0.15, -0.1) is 0 Å². The van der Waals surface area contributed by atoms with E-state index >= 15 is 0 Å². The molecule has 1 atom stereocenters. The standard InChI is InChI=1S/C19H26ClNO2/c1-3-15-9-17(20)11-18(10-15)21-6-4-19(5-7-21)12-16(13-23-19)8-14(2)22/h9-11,16,22H,2-8,12-13H2,1H3. The molecule has 23 heavy (non-hydrogen) atoms. The largest absolute Gasteiger partial charge is 0.513 e. The number of benzene rings is 1. The smallest absolute Gasteiger partial charge is 0.0854 e. The van der Waals surface area contributed by atoms with Crippen LogP contribution in [0.1, 0.15) is 38.2 Å². The van der Waals surface area contributed by atoms with Crippen LogP contribution in [-0.4, -0.2) is 30.4 Å². The van der Waals surface area contributed by atoms with Crippen molar-refractivity contribution < 1.29 is 9.84 Å². The molecule has 0 bridgehead atoms. The molecule has 3 rings (SSSR count). The van der Waals surface area contributed by atoms with Crippen LogP contribution in [0.4, 0.5) is 5.69 Å². The van der Waals surface area contributed by atoms with Crippen molar-refractivity contribution in [1.82, 2.24) is 0 Å². The summed E-state index contributed by atoms with van der Waals surface area (Å²) in [7, 11) is 0. The van der Waals surface area contributed by atoms with E-state index in [1.165, 1.54) is 11.3 Å². The lowest BCUT2D eigenvalue weighted by atomic mass is 9.84. The lowest BCUT2D eigenvalue weighted by Crippen LogP contribution is -2.44. The van der Waals surface area contributed by atoms with Crippen LogP contribution in [0.2, 0.25) is 5.02 Å². The lowest BCUT2D eigenvalue weighted by Gasteiger charge is -2.40. The van der Waals surface area contributed by atoms with Gasteiger partial charge in [0.15, 0.2) is 0 Å². The van der Waals surface area contributed by atoms with Crippen LogP contribution in [0.25, 0.3) is 0 Å². The van der Waals surface area contributed by atoms with E-state index in [1.54, 1.807) is 0 Å². The van der Waals surface area contributed by atoms with Crippen LogP contribution in [0.3, 0.4) is 0 Å². The Bertz CT molecular complexity index is 579. The number of ether oxygens (including phenoxy) is 1. The van der Waals surface area contributed by atoms with Crippen molar-refractivity contribution in [2.75, 3.05) is 24.6 Å². The maximum Gasteiger partial charge on any atom is 0.0854 e. The van der Waals surface area contributed by atoms with Crippen molar-refractivity contribution in [1.29, 1.82) is 0 Å². The van der Waals surface area contributed by atoms with E-state index in [9.17, 15) is 5.11 Å². The summed E-state index contributed by atoms with van der Waals surface area (Å²) in [5, 5.41) is 10.2. The molecular weight excluding hydrogens is 310 g/mol. The molecule has 1 unspecified atom stereocenters. The minimum Gasteiger partial charge on any atom is -0.513 e. The predicted molar refractivity (Wildman–Crippen MR) is 95.5 cm³/mol. The van der Waals surface area contributed by atoms with Gasteiger partial charge in [-0.05, 0) is 55.4 Å². The molecule has 0 radical (unpaired) electrons. The number of rotatable bonds is 4. The molecule has 1 aromatic rings. The molecule has 0 amide bonds. The molecule has 2 aliphatic rings. The first-order chi connectivity index (χ1) is 11.0.